The topological polar surface area (TPSA) is 78.8 Å². The van der Waals surface area contributed by atoms with Gasteiger partial charge >= 0.3 is 5.97 Å². The van der Waals surface area contributed by atoms with Crippen molar-refractivity contribution in [2.24, 2.45) is 0 Å². The highest BCUT2D eigenvalue weighted by molar-refractivity contribution is 5.91. The molecule has 0 aliphatic heterocycles. The molecule has 0 bridgehead atoms. The normalized spacial score (nSPS) is 11.4. The van der Waals surface area contributed by atoms with Crippen LogP contribution in [0.1, 0.15) is 28.9 Å². The van der Waals surface area contributed by atoms with Gasteiger partial charge in [-0.3, -0.25) is 4.79 Å². The second-order valence-corrected chi connectivity index (χ2v) is 6.61. The minimum atomic E-state index is -0.559. The first kappa shape index (κ1) is 21.0. The number of carbonyl (C=O) groups excluding carboxylic acids is 2. The van der Waals surface area contributed by atoms with Crippen LogP contribution in [-0.4, -0.2) is 37.3 Å². The van der Waals surface area contributed by atoms with E-state index in [0.717, 1.165) is 11.3 Å². The van der Waals surface area contributed by atoms with E-state index in [0.29, 0.717) is 17.1 Å². The molecule has 2 aromatic carbocycles. The Morgan fingerprint density at radius 2 is 1.70 bits per heavy atom. The van der Waals surface area contributed by atoms with Gasteiger partial charge < -0.3 is 24.1 Å². The number of hydrogen-bond donors (Lipinski definition) is 1. The molecule has 7 nitrogen and oxygen atoms in total. The van der Waals surface area contributed by atoms with E-state index < -0.39 is 11.9 Å². The van der Waals surface area contributed by atoms with Crippen molar-refractivity contribution in [1.29, 1.82) is 0 Å². The van der Waals surface area contributed by atoms with Gasteiger partial charge in [0.2, 0.25) is 0 Å². The molecule has 0 aliphatic rings. The highest BCUT2D eigenvalue weighted by Crippen LogP contribution is 2.29. The molecule has 0 fully saturated rings. The van der Waals surface area contributed by atoms with Crippen molar-refractivity contribution >= 4 is 11.9 Å². The van der Waals surface area contributed by atoms with Gasteiger partial charge in [-0.2, -0.15) is 0 Å². The average molecular weight is 408 g/mol. The molecule has 0 saturated carbocycles. The summed E-state index contributed by atoms with van der Waals surface area (Å²) in [6.07, 6.45) is 3.83. The Kier molecular flexibility index (Phi) is 6.75. The molecule has 1 aromatic heterocycles. The van der Waals surface area contributed by atoms with Crippen LogP contribution >= 0.6 is 0 Å². The summed E-state index contributed by atoms with van der Waals surface area (Å²) in [7, 11) is 3.13. The van der Waals surface area contributed by atoms with Crippen LogP contribution < -0.4 is 14.8 Å². The number of esters is 1. The summed E-state index contributed by atoms with van der Waals surface area (Å²) in [5.74, 6) is 0.311. The van der Waals surface area contributed by atoms with Gasteiger partial charge in [0.1, 0.15) is 11.5 Å². The fourth-order valence-corrected chi connectivity index (χ4v) is 3.03. The maximum Gasteiger partial charge on any atom is 0.338 e. The third kappa shape index (κ3) is 5.00. The van der Waals surface area contributed by atoms with E-state index in [4.69, 9.17) is 14.2 Å². The van der Waals surface area contributed by atoms with Crippen LogP contribution in [0.2, 0.25) is 0 Å². The van der Waals surface area contributed by atoms with Gasteiger partial charge in [-0.15, -0.1) is 0 Å². The van der Waals surface area contributed by atoms with Crippen LogP contribution in [-0.2, 0) is 9.53 Å². The number of rotatable bonds is 8. The van der Waals surface area contributed by atoms with Crippen molar-refractivity contribution in [2.45, 2.75) is 13.0 Å². The Bertz CT molecular complexity index is 997. The molecular weight excluding hydrogens is 384 g/mol. The number of nitrogens with zero attached hydrogens (tertiary/aromatic N) is 1. The molecule has 1 heterocycles. The van der Waals surface area contributed by atoms with Crippen LogP contribution in [0.4, 0.5) is 0 Å². The lowest BCUT2D eigenvalue weighted by Gasteiger charge is -2.18. The maximum atomic E-state index is 12.3. The van der Waals surface area contributed by atoms with E-state index >= 15 is 0 Å². The largest absolute Gasteiger partial charge is 0.497 e. The molecule has 0 spiro atoms. The lowest BCUT2D eigenvalue weighted by Crippen LogP contribution is -2.31. The second kappa shape index (κ2) is 9.65. The summed E-state index contributed by atoms with van der Waals surface area (Å²) in [5, 5.41) is 2.80. The summed E-state index contributed by atoms with van der Waals surface area (Å²) in [5.41, 5.74) is 2.06. The maximum absolute atomic E-state index is 12.3. The Labute approximate surface area is 175 Å². The Morgan fingerprint density at radius 3 is 2.33 bits per heavy atom. The summed E-state index contributed by atoms with van der Waals surface area (Å²) in [4.78, 5) is 24.5. The smallest absolute Gasteiger partial charge is 0.338 e. The third-order valence-corrected chi connectivity index (χ3v) is 4.62. The van der Waals surface area contributed by atoms with Gasteiger partial charge in [0.25, 0.3) is 5.91 Å². The quantitative estimate of drug-likeness (QED) is 0.577. The molecule has 0 radical (unpaired) electrons. The standard InChI is InChI=1S/C23H24N2O5/c1-16(20-14-19(28-2)10-11-21(20)29-3)24-22(26)15-30-23(27)17-6-8-18(9-7-17)25-12-4-5-13-25/h4-14,16H,15H2,1-3H3,(H,24,26)/t16-/m1/s1. The monoisotopic (exact) mass is 408 g/mol. The molecule has 3 rings (SSSR count). The van der Waals surface area contributed by atoms with Crippen LogP contribution in [0.5, 0.6) is 11.5 Å². The van der Waals surface area contributed by atoms with Crippen molar-refractivity contribution in [2.75, 3.05) is 20.8 Å². The number of aromatic nitrogens is 1. The van der Waals surface area contributed by atoms with Gasteiger partial charge in [-0.05, 0) is 61.5 Å². The summed E-state index contributed by atoms with van der Waals surface area (Å²) >= 11 is 0. The molecule has 30 heavy (non-hydrogen) atoms. The van der Waals surface area contributed by atoms with Gasteiger partial charge in [0.15, 0.2) is 6.61 Å². The fourth-order valence-electron chi connectivity index (χ4n) is 3.03. The van der Waals surface area contributed by atoms with Crippen LogP contribution in [0.15, 0.2) is 67.0 Å². The number of nitrogens with one attached hydrogen (secondary N) is 1. The molecule has 0 unspecified atom stereocenters. The Balaban J connectivity index is 1.56. The molecule has 1 N–H and O–H groups in total. The van der Waals surface area contributed by atoms with E-state index in [2.05, 4.69) is 5.32 Å². The molecule has 156 valence electrons. The van der Waals surface area contributed by atoms with Crippen molar-refractivity contribution < 1.29 is 23.8 Å². The molecule has 1 amide bonds. The number of ether oxygens (including phenoxy) is 3. The number of methoxy groups -OCH3 is 2. The first-order chi connectivity index (χ1) is 14.5. The van der Waals surface area contributed by atoms with Gasteiger partial charge in [-0.1, -0.05) is 0 Å². The van der Waals surface area contributed by atoms with Crippen LogP contribution in [0, 0.1) is 0 Å². The summed E-state index contributed by atoms with van der Waals surface area (Å²) in [6.45, 7) is 1.44. The first-order valence-electron chi connectivity index (χ1n) is 9.43. The van der Waals surface area contributed by atoms with Crippen molar-refractivity contribution in [3.63, 3.8) is 0 Å². The van der Waals surface area contributed by atoms with Crippen molar-refractivity contribution in [3.05, 3.63) is 78.1 Å². The van der Waals surface area contributed by atoms with E-state index in [1.807, 2.05) is 48.1 Å². The van der Waals surface area contributed by atoms with Crippen molar-refractivity contribution in [3.8, 4) is 17.2 Å². The van der Waals surface area contributed by atoms with E-state index in [-0.39, 0.29) is 12.6 Å². The zero-order valence-corrected chi connectivity index (χ0v) is 17.1. The number of amides is 1. The first-order valence-corrected chi connectivity index (χ1v) is 9.43. The summed E-state index contributed by atoms with van der Waals surface area (Å²) in [6, 6.07) is 15.8. The molecule has 0 aliphatic carbocycles. The highest BCUT2D eigenvalue weighted by Gasteiger charge is 2.17. The molecule has 3 aromatic rings. The second-order valence-electron chi connectivity index (χ2n) is 6.61. The Morgan fingerprint density at radius 1 is 1.00 bits per heavy atom. The van der Waals surface area contributed by atoms with Gasteiger partial charge in [0.05, 0.1) is 25.8 Å². The van der Waals surface area contributed by atoms with E-state index in [9.17, 15) is 9.59 Å². The zero-order chi connectivity index (χ0) is 21.5. The van der Waals surface area contributed by atoms with Gasteiger partial charge in [-0.25, -0.2) is 4.79 Å². The third-order valence-electron chi connectivity index (χ3n) is 4.62. The number of benzene rings is 2. The van der Waals surface area contributed by atoms with E-state index in [1.165, 1.54) is 0 Å². The predicted octanol–water partition coefficient (Wildman–Crippen LogP) is 3.53. The summed E-state index contributed by atoms with van der Waals surface area (Å²) < 4.78 is 17.6. The lowest BCUT2D eigenvalue weighted by atomic mass is 10.1. The zero-order valence-electron chi connectivity index (χ0n) is 17.1. The van der Waals surface area contributed by atoms with E-state index in [1.54, 1.807) is 44.6 Å². The number of hydrogen-bond acceptors (Lipinski definition) is 5. The minimum Gasteiger partial charge on any atom is -0.497 e. The minimum absolute atomic E-state index is 0.359. The van der Waals surface area contributed by atoms with Crippen LogP contribution in [0.3, 0.4) is 0 Å². The average Bonchev–Trinajstić information content (AvgIpc) is 3.32. The van der Waals surface area contributed by atoms with Crippen LogP contribution in [0.25, 0.3) is 5.69 Å². The molecular formula is C23H24N2O5. The predicted molar refractivity (Wildman–Crippen MR) is 112 cm³/mol. The highest BCUT2D eigenvalue weighted by atomic mass is 16.5. The molecule has 1 atom stereocenters. The lowest BCUT2D eigenvalue weighted by molar-refractivity contribution is -0.124. The van der Waals surface area contributed by atoms with Crippen molar-refractivity contribution in [1.82, 2.24) is 9.88 Å². The number of carbonyl (C=O) groups is 2. The molecule has 0 saturated heterocycles. The SMILES string of the molecule is COc1ccc(OC)c([C@@H](C)NC(=O)COC(=O)c2ccc(-n3cccc3)cc2)c1. The molecule has 7 heteroatoms. The Hall–Kier alpha value is -3.74. The fraction of sp³-hybridized carbons (Fsp3) is 0.217. The van der Waals surface area contributed by atoms with Gasteiger partial charge in [0, 0.05) is 23.6 Å².